The molecule has 1 N–H and O–H groups in total. The maximum absolute atomic E-state index is 12.4. The molecule has 1 aromatic rings. The minimum Gasteiger partial charge on any atom is -0.458 e. The highest BCUT2D eigenvalue weighted by Crippen LogP contribution is 2.28. The lowest BCUT2D eigenvalue weighted by Gasteiger charge is -2.36. The molecular weight excluding hydrogens is 284 g/mol. The second-order valence-corrected chi connectivity index (χ2v) is 5.51. The topological polar surface area (TPSA) is 45.5 Å². The molecule has 0 aromatic carbocycles. The van der Waals surface area contributed by atoms with E-state index < -0.39 is 0 Å². The Hall–Kier alpha value is -0.810. The Balaban J connectivity index is 1.83. The fraction of sp³-hybridized carbons (Fsp3) is 0.583. The van der Waals surface area contributed by atoms with Crippen LogP contribution < -0.4 is 5.32 Å². The number of likely N-dealkylation sites (tertiary alicyclic amines) is 1. The van der Waals surface area contributed by atoms with Crippen molar-refractivity contribution in [3.05, 3.63) is 22.6 Å². The van der Waals surface area contributed by atoms with Crippen LogP contribution in [0.2, 0.25) is 0 Å². The lowest BCUT2D eigenvalue weighted by Crippen LogP contribution is -2.51. The summed E-state index contributed by atoms with van der Waals surface area (Å²) in [5, 5.41) is 3.47. The molecule has 1 aromatic heterocycles. The zero-order chi connectivity index (χ0) is 11.8. The molecular formula is C12H15BrN2O2. The first-order valence-electron chi connectivity index (χ1n) is 6.05. The molecule has 2 aliphatic heterocycles. The van der Waals surface area contributed by atoms with Gasteiger partial charge in [-0.15, -0.1) is 0 Å². The molecule has 2 unspecified atom stereocenters. The molecule has 0 saturated carbocycles. The number of carbonyl (C=O) groups excluding carboxylic acids is 1. The molecule has 0 aliphatic carbocycles. The summed E-state index contributed by atoms with van der Waals surface area (Å²) in [6, 6.07) is 2.58. The molecule has 0 radical (unpaired) electrons. The second-order valence-electron chi connectivity index (χ2n) is 4.66. The highest BCUT2D eigenvalue weighted by molar-refractivity contribution is 9.10. The summed E-state index contributed by atoms with van der Waals surface area (Å²) in [5.74, 6) is 0.442. The number of fused-ring (bicyclic) bond motifs is 1. The van der Waals surface area contributed by atoms with E-state index in [1.807, 2.05) is 4.90 Å². The van der Waals surface area contributed by atoms with Gasteiger partial charge in [0.05, 0.1) is 10.7 Å². The molecule has 4 nitrogen and oxygen atoms in total. The van der Waals surface area contributed by atoms with Gasteiger partial charge in [0.25, 0.3) is 5.91 Å². The molecule has 3 rings (SSSR count). The largest absolute Gasteiger partial charge is 0.458 e. The van der Waals surface area contributed by atoms with Crippen molar-refractivity contribution in [3.8, 4) is 0 Å². The lowest BCUT2D eigenvalue weighted by molar-refractivity contribution is 0.0566. The molecule has 5 heteroatoms. The highest BCUT2D eigenvalue weighted by atomic mass is 79.9. The first-order chi connectivity index (χ1) is 8.27. The number of piperidine rings is 1. The van der Waals surface area contributed by atoms with E-state index in [0.717, 1.165) is 30.4 Å². The van der Waals surface area contributed by atoms with Gasteiger partial charge in [0, 0.05) is 18.6 Å². The van der Waals surface area contributed by atoms with E-state index in [4.69, 9.17) is 4.42 Å². The quantitative estimate of drug-likeness (QED) is 0.863. The van der Waals surface area contributed by atoms with Crippen molar-refractivity contribution in [2.45, 2.75) is 31.3 Å². The number of hydrogen-bond donors (Lipinski definition) is 1. The summed E-state index contributed by atoms with van der Waals surface area (Å²) in [7, 11) is 0. The summed E-state index contributed by atoms with van der Waals surface area (Å²) in [6.07, 6.45) is 4.84. The van der Waals surface area contributed by atoms with E-state index in [9.17, 15) is 4.79 Å². The Kier molecular flexibility index (Phi) is 2.96. The fourth-order valence-corrected chi connectivity index (χ4v) is 3.27. The average molecular weight is 299 g/mol. The van der Waals surface area contributed by atoms with Crippen molar-refractivity contribution in [2.24, 2.45) is 0 Å². The SMILES string of the molecule is O=C(c1occc1Br)N1CCCC2NCCC21. The van der Waals surface area contributed by atoms with Crippen molar-refractivity contribution in [1.29, 1.82) is 0 Å². The Bertz CT molecular complexity index is 432. The smallest absolute Gasteiger partial charge is 0.291 e. The molecule has 17 heavy (non-hydrogen) atoms. The number of amides is 1. The van der Waals surface area contributed by atoms with E-state index in [2.05, 4.69) is 21.2 Å². The van der Waals surface area contributed by atoms with Gasteiger partial charge in [-0.3, -0.25) is 4.79 Å². The molecule has 3 heterocycles. The van der Waals surface area contributed by atoms with E-state index in [-0.39, 0.29) is 5.91 Å². The summed E-state index contributed by atoms with van der Waals surface area (Å²) in [4.78, 5) is 14.4. The summed E-state index contributed by atoms with van der Waals surface area (Å²) >= 11 is 3.35. The molecule has 0 bridgehead atoms. The van der Waals surface area contributed by atoms with Crippen LogP contribution in [0.1, 0.15) is 29.8 Å². The van der Waals surface area contributed by atoms with Crippen LogP contribution in [-0.4, -0.2) is 36.0 Å². The predicted octanol–water partition coefficient (Wildman–Crippen LogP) is 2.01. The first-order valence-corrected chi connectivity index (χ1v) is 6.84. The van der Waals surface area contributed by atoms with Gasteiger partial charge in [-0.2, -0.15) is 0 Å². The molecule has 2 saturated heterocycles. The van der Waals surface area contributed by atoms with Crippen molar-refractivity contribution in [2.75, 3.05) is 13.1 Å². The first kappa shape index (κ1) is 11.3. The van der Waals surface area contributed by atoms with Gasteiger partial charge in [-0.25, -0.2) is 0 Å². The Morgan fingerprint density at radius 3 is 3.18 bits per heavy atom. The van der Waals surface area contributed by atoms with Crippen molar-refractivity contribution < 1.29 is 9.21 Å². The van der Waals surface area contributed by atoms with Crippen LogP contribution in [0, 0.1) is 0 Å². The number of carbonyl (C=O) groups is 1. The molecule has 2 aliphatic rings. The van der Waals surface area contributed by atoms with Gasteiger partial charge in [-0.05, 0) is 47.8 Å². The van der Waals surface area contributed by atoms with Crippen molar-refractivity contribution >= 4 is 21.8 Å². The minimum atomic E-state index is 0.0141. The van der Waals surface area contributed by atoms with Gasteiger partial charge in [0.1, 0.15) is 0 Å². The van der Waals surface area contributed by atoms with Crippen LogP contribution in [0.3, 0.4) is 0 Å². The number of nitrogens with one attached hydrogen (secondary N) is 1. The number of rotatable bonds is 1. The summed E-state index contributed by atoms with van der Waals surface area (Å²) in [5.41, 5.74) is 0. The van der Waals surface area contributed by atoms with Gasteiger partial charge < -0.3 is 14.6 Å². The average Bonchev–Trinajstić information content (AvgIpc) is 2.95. The minimum absolute atomic E-state index is 0.0141. The van der Waals surface area contributed by atoms with E-state index in [1.54, 1.807) is 12.3 Å². The maximum atomic E-state index is 12.4. The van der Waals surface area contributed by atoms with E-state index in [1.165, 1.54) is 6.42 Å². The monoisotopic (exact) mass is 298 g/mol. The summed E-state index contributed by atoms with van der Waals surface area (Å²) < 4.78 is 6.02. The second kappa shape index (κ2) is 4.46. The number of furan rings is 1. The van der Waals surface area contributed by atoms with Gasteiger partial charge >= 0.3 is 0 Å². The Labute approximate surface area is 108 Å². The molecule has 2 atom stereocenters. The van der Waals surface area contributed by atoms with Gasteiger partial charge in [-0.1, -0.05) is 0 Å². The van der Waals surface area contributed by atoms with Crippen molar-refractivity contribution in [1.82, 2.24) is 10.2 Å². The zero-order valence-electron chi connectivity index (χ0n) is 9.49. The van der Waals surface area contributed by atoms with Gasteiger partial charge in [0.2, 0.25) is 5.76 Å². The fourth-order valence-electron chi connectivity index (χ4n) is 2.90. The highest BCUT2D eigenvalue weighted by Gasteiger charge is 2.38. The van der Waals surface area contributed by atoms with Crippen LogP contribution in [0.15, 0.2) is 21.2 Å². The predicted molar refractivity (Wildman–Crippen MR) is 66.9 cm³/mol. The molecule has 92 valence electrons. The normalized spacial score (nSPS) is 28.2. The van der Waals surface area contributed by atoms with Crippen LogP contribution in [-0.2, 0) is 0 Å². The third kappa shape index (κ3) is 1.91. The van der Waals surface area contributed by atoms with Gasteiger partial charge in [0.15, 0.2) is 0 Å². The van der Waals surface area contributed by atoms with Crippen LogP contribution in [0.5, 0.6) is 0 Å². The summed E-state index contributed by atoms with van der Waals surface area (Å²) in [6.45, 7) is 1.85. The maximum Gasteiger partial charge on any atom is 0.291 e. The van der Waals surface area contributed by atoms with Crippen molar-refractivity contribution in [3.63, 3.8) is 0 Å². The Morgan fingerprint density at radius 2 is 2.41 bits per heavy atom. The van der Waals surface area contributed by atoms with Crippen LogP contribution in [0.4, 0.5) is 0 Å². The number of halogens is 1. The van der Waals surface area contributed by atoms with Crippen LogP contribution >= 0.6 is 15.9 Å². The van der Waals surface area contributed by atoms with E-state index >= 15 is 0 Å². The van der Waals surface area contributed by atoms with Crippen LogP contribution in [0.25, 0.3) is 0 Å². The molecule has 0 spiro atoms. The molecule has 2 fully saturated rings. The standard InChI is InChI=1S/C12H15BrN2O2/c13-8-4-7-17-11(8)12(16)15-6-1-2-9-10(15)3-5-14-9/h4,7,9-10,14H,1-3,5-6H2. The lowest BCUT2D eigenvalue weighted by atomic mass is 9.97. The number of nitrogens with zero attached hydrogens (tertiary/aromatic N) is 1. The third-order valence-electron chi connectivity index (χ3n) is 3.70. The zero-order valence-corrected chi connectivity index (χ0v) is 11.1. The Morgan fingerprint density at radius 1 is 1.53 bits per heavy atom. The van der Waals surface area contributed by atoms with E-state index in [0.29, 0.717) is 17.8 Å². The number of hydrogen-bond acceptors (Lipinski definition) is 3. The molecule has 1 amide bonds. The third-order valence-corrected chi connectivity index (χ3v) is 4.32.